The Morgan fingerprint density at radius 2 is 1.71 bits per heavy atom. The lowest BCUT2D eigenvalue weighted by Crippen LogP contribution is -2.56. The SMILES string of the molecule is CC(C)(C)CC(CN)C(=O)NC1(C(=O)O)CCCCCC1. The van der Waals surface area contributed by atoms with Crippen LogP contribution in [0.4, 0.5) is 0 Å². The Morgan fingerprint density at radius 1 is 1.19 bits per heavy atom. The summed E-state index contributed by atoms with van der Waals surface area (Å²) >= 11 is 0. The van der Waals surface area contributed by atoms with Crippen LogP contribution in [0.15, 0.2) is 0 Å². The summed E-state index contributed by atoms with van der Waals surface area (Å²) in [5.41, 5.74) is 4.62. The first-order valence-corrected chi connectivity index (χ1v) is 7.96. The Hall–Kier alpha value is -1.10. The number of nitrogens with two attached hydrogens (primary N) is 1. The lowest BCUT2D eigenvalue weighted by Gasteiger charge is -2.32. The number of carboxylic acids is 1. The number of carbonyl (C=O) groups excluding carboxylic acids is 1. The van der Waals surface area contributed by atoms with Gasteiger partial charge in [0.2, 0.25) is 5.91 Å². The average molecular weight is 298 g/mol. The summed E-state index contributed by atoms with van der Waals surface area (Å²) in [5, 5.41) is 12.4. The molecule has 0 saturated heterocycles. The van der Waals surface area contributed by atoms with Crippen LogP contribution in [0.2, 0.25) is 0 Å². The van der Waals surface area contributed by atoms with Crippen molar-refractivity contribution in [3.63, 3.8) is 0 Å². The third-order valence-corrected chi connectivity index (χ3v) is 4.24. The Kier molecular flexibility index (Phi) is 6.20. The molecule has 1 rings (SSSR count). The average Bonchev–Trinajstić information content (AvgIpc) is 2.61. The highest BCUT2D eigenvalue weighted by molar-refractivity contribution is 5.88. The number of aliphatic carboxylic acids is 1. The molecule has 0 radical (unpaired) electrons. The quantitative estimate of drug-likeness (QED) is 0.679. The van der Waals surface area contributed by atoms with E-state index in [9.17, 15) is 14.7 Å². The van der Waals surface area contributed by atoms with Crippen LogP contribution in [0.5, 0.6) is 0 Å². The summed E-state index contributed by atoms with van der Waals surface area (Å²) in [4.78, 5) is 24.2. The topological polar surface area (TPSA) is 92.4 Å². The third-order valence-electron chi connectivity index (χ3n) is 4.24. The second-order valence-corrected chi connectivity index (χ2v) is 7.49. The van der Waals surface area contributed by atoms with E-state index in [0.29, 0.717) is 19.3 Å². The van der Waals surface area contributed by atoms with E-state index < -0.39 is 11.5 Å². The number of carboxylic acid groups (broad SMARTS) is 1. The van der Waals surface area contributed by atoms with Crippen molar-refractivity contribution in [1.29, 1.82) is 0 Å². The van der Waals surface area contributed by atoms with Gasteiger partial charge in [-0.2, -0.15) is 0 Å². The number of carbonyl (C=O) groups is 2. The zero-order chi connectivity index (χ0) is 16.1. The maximum atomic E-state index is 12.5. The molecule has 1 amide bonds. The normalized spacial score (nSPS) is 20.4. The van der Waals surface area contributed by atoms with Gasteiger partial charge in [-0.25, -0.2) is 4.79 Å². The van der Waals surface area contributed by atoms with E-state index >= 15 is 0 Å². The molecule has 1 saturated carbocycles. The van der Waals surface area contributed by atoms with E-state index in [2.05, 4.69) is 26.1 Å². The van der Waals surface area contributed by atoms with E-state index in [1.807, 2.05) is 0 Å². The van der Waals surface area contributed by atoms with E-state index in [-0.39, 0.29) is 23.8 Å². The van der Waals surface area contributed by atoms with Gasteiger partial charge in [0.15, 0.2) is 0 Å². The van der Waals surface area contributed by atoms with E-state index in [0.717, 1.165) is 25.7 Å². The Labute approximate surface area is 127 Å². The van der Waals surface area contributed by atoms with Crippen molar-refractivity contribution in [2.75, 3.05) is 6.54 Å². The van der Waals surface area contributed by atoms with Crippen molar-refractivity contribution in [1.82, 2.24) is 5.32 Å². The van der Waals surface area contributed by atoms with Crippen LogP contribution < -0.4 is 11.1 Å². The zero-order valence-electron chi connectivity index (χ0n) is 13.6. The molecule has 0 heterocycles. The number of nitrogens with one attached hydrogen (secondary N) is 1. The highest BCUT2D eigenvalue weighted by Crippen LogP contribution is 2.29. The van der Waals surface area contributed by atoms with Crippen LogP contribution in [0.1, 0.15) is 65.7 Å². The summed E-state index contributed by atoms with van der Waals surface area (Å²) in [5.74, 6) is -1.45. The molecule has 4 N–H and O–H groups in total. The van der Waals surface area contributed by atoms with Crippen molar-refractivity contribution < 1.29 is 14.7 Å². The lowest BCUT2D eigenvalue weighted by atomic mass is 9.83. The number of amides is 1. The molecule has 1 atom stereocenters. The summed E-state index contributed by atoms with van der Waals surface area (Å²) in [7, 11) is 0. The predicted octanol–water partition coefficient (Wildman–Crippen LogP) is 2.29. The minimum Gasteiger partial charge on any atom is -0.480 e. The maximum absolute atomic E-state index is 12.5. The highest BCUT2D eigenvalue weighted by atomic mass is 16.4. The predicted molar refractivity (Wildman–Crippen MR) is 82.8 cm³/mol. The molecule has 1 unspecified atom stereocenters. The molecule has 122 valence electrons. The van der Waals surface area contributed by atoms with E-state index in [4.69, 9.17) is 5.73 Å². The number of hydrogen-bond acceptors (Lipinski definition) is 3. The van der Waals surface area contributed by atoms with Gasteiger partial charge in [-0.3, -0.25) is 4.79 Å². The molecule has 0 aromatic carbocycles. The van der Waals surface area contributed by atoms with Gasteiger partial charge in [0.25, 0.3) is 0 Å². The molecule has 0 aromatic heterocycles. The summed E-state index contributed by atoms with van der Waals surface area (Å²) < 4.78 is 0. The van der Waals surface area contributed by atoms with Crippen LogP contribution in [-0.4, -0.2) is 29.1 Å². The minimum atomic E-state index is -1.10. The van der Waals surface area contributed by atoms with Gasteiger partial charge >= 0.3 is 5.97 Å². The molecular weight excluding hydrogens is 268 g/mol. The maximum Gasteiger partial charge on any atom is 0.329 e. The molecule has 5 nitrogen and oxygen atoms in total. The van der Waals surface area contributed by atoms with Gasteiger partial charge in [-0.15, -0.1) is 0 Å². The fourth-order valence-electron chi connectivity index (χ4n) is 3.08. The van der Waals surface area contributed by atoms with Gasteiger partial charge in [0.05, 0.1) is 5.92 Å². The number of rotatable bonds is 5. The van der Waals surface area contributed by atoms with Gasteiger partial charge in [-0.1, -0.05) is 46.5 Å². The minimum absolute atomic E-state index is 0.0127. The van der Waals surface area contributed by atoms with Gasteiger partial charge in [-0.05, 0) is 24.7 Å². The van der Waals surface area contributed by atoms with Crippen molar-refractivity contribution in [2.24, 2.45) is 17.1 Å². The smallest absolute Gasteiger partial charge is 0.329 e. The summed E-state index contributed by atoms with van der Waals surface area (Å²) in [6.07, 6.45) is 5.45. The summed E-state index contributed by atoms with van der Waals surface area (Å²) in [6.45, 7) is 6.42. The van der Waals surface area contributed by atoms with Gasteiger partial charge < -0.3 is 16.2 Å². The van der Waals surface area contributed by atoms with Crippen molar-refractivity contribution >= 4 is 11.9 Å². The molecule has 21 heavy (non-hydrogen) atoms. The first-order valence-electron chi connectivity index (χ1n) is 7.96. The van der Waals surface area contributed by atoms with Crippen molar-refractivity contribution in [3.05, 3.63) is 0 Å². The van der Waals surface area contributed by atoms with Crippen LogP contribution in [0.25, 0.3) is 0 Å². The molecule has 0 spiro atoms. The molecule has 0 bridgehead atoms. The highest BCUT2D eigenvalue weighted by Gasteiger charge is 2.41. The monoisotopic (exact) mass is 298 g/mol. The first kappa shape index (κ1) is 18.0. The lowest BCUT2D eigenvalue weighted by molar-refractivity contribution is -0.149. The standard InChI is InChI=1S/C16H30N2O3/c1-15(2,3)10-12(11-17)13(19)18-16(14(20)21)8-6-4-5-7-9-16/h12H,4-11,17H2,1-3H3,(H,18,19)(H,20,21). The van der Waals surface area contributed by atoms with Gasteiger partial charge in [0.1, 0.15) is 5.54 Å². The molecule has 0 aliphatic heterocycles. The fourth-order valence-corrected chi connectivity index (χ4v) is 3.08. The zero-order valence-corrected chi connectivity index (χ0v) is 13.6. The first-order chi connectivity index (χ1) is 9.70. The third kappa shape index (κ3) is 5.30. The van der Waals surface area contributed by atoms with Crippen LogP contribution in [0.3, 0.4) is 0 Å². The second kappa shape index (κ2) is 7.25. The Balaban J connectivity index is 2.82. The number of hydrogen-bond donors (Lipinski definition) is 3. The molecule has 0 aromatic rings. The van der Waals surface area contributed by atoms with Crippen LogP contribution in [0, 0.1) is 11.3 Å². The Bertz CT molecular complexity index is 366. The Morgan fingerprint density at radius 3 is 2.10 bits per heavy atom. The molecule has 1 aliphatic rings. The van der Waals surface area contributed by atoms with Crippen LogP contribution >= 0.6 is 0 Å². The van der Waals surface area contributed by atoms with Crippen LogP contribution in [-0.2, 0) is 9.59 Å². The largest absolute Gasteiger partial charge is 0.480 e. The van der Waals surface area contributed by atoms with Crippen molar-refractivity contribution in [3.8, 4) is 0 Å². The molecule has 1 fully saturated rings. The van der Waals surface area contributed by atoms with Crippen molar-refractivity contribution in [2.45, 2.75) is 71.3 Å². The molecule has 1 aliphatic carbocycles. The van der Waals surface area contributed by atoms with E-state index in [1.54, 1.807) is 0 Å². The van der Waals surface area contributed by atoms with E-state index in [1.165, 1.54) is 0 Å². The fraction of sp³-hybridized carbons (Fsp3) is 0.875. The summed E-state index contributed by atoms with van der Waals surface area (Å²) in [6, 6.07) is 0. The molecular formula is C16H30N2O3. The second-order valence-electron chi connectivity index (χ2n) is 7.49. The van der Waals surface area contributed by atoms with Gasteiger partial charge in [0, 0.05) is 6.54 Å². The molecule has 5 heteroatoms.